The third kappa shape index (κ3) is 6.31. The molecule has 0 N–H and O–H groups in total. The molecule has 0 fully saturated rings. The Balaban J connectivity index is 3.78. The predicted molar refractivity (Wildman–Crippen MR) is 47.9 cm³/mol. The number of ether oxygens (including phenoxy) is 3. The summed E-state index contributed by atoms with van der Waals surface area (Å²) in [6.07, 6.45) is 2.11. The number of carbonyl (C=O) groups excluding carboxylic acids is 1. The van der Waals surface area contributed by atoms with Gasteiger partial charge >= 0.3 is 5.97 Å². The summed E-state index contributed by atoms with van der Waals surface area (Å²) < 4.78 is 14.7. The predicted octanol–water partition coefficient (Wildman–Crippen LogP) is 1.46. The second-order valence-corrected chi connectivity index (χ2v) is 2.43. The Morgan fingerprint density at radius 3 is 2.77 bits per heavy atom. The Labute approximate surface area is 78.5 Å². The Morgan fingerprint density at radius 1 is 1.62 bits per heavy atom. The molecule has 0 saturated carbocycles. The van der Waals surface area contributed by atoms with Crippen LogP contribution in [0.2, 0.25) is 0 Å². The standard InChI is InChI=1S/C9H16O4/c1-4-6-9(12-7-11-3)13-8(10)5-2/h5,9H,2,4,6-7H2,1,3H3. The van der Waals surface area contributed by atoms with Crippen LogP contribution in [0.5, 0.6) is 0 Å². The van der Waals surface area contributed by atoms with Crippen LogP contribution in [0.15, 0.2) is 12.7 Å². The minimum atomic E-state index is -0.532. The first-order valence-electron chi connectivity index (χ1n) is 4.18. The van der Waals surface area contributed by atoms with Gasteiger partial charge in [0, 0.05) is 19.6 Å². The Bertz CT molecular complexity index is 156. The first-order valence-corrected chi connectivity index (χ1v) is 4.18. The van der Waals surface area contributed by atoms with Gasteiger partial charge in [0.05, 0.1) is 0 Å². The maximum Gasteiger partial charge on any atom is 0.332 e. The number of carbonyl (C=O) groups is 1. The van der Waals surface area contributed by atoms with Gasteiger partial charge in [0.25, 0.3) is 0 Å². The molecule has 1 unspecified atom stereocenters. The van der Waals surface area contributed by atoms with Crippen molar-refractivity contribution in [2.24, 2.45) is 0 Å². The van der Waals surface area contributed by atoms with Crippen LogP contribution >= 0.6 is 0 Å². The fourth-order valence-electron chi connectivity index (χ4n) is 0.734. The zero-order valence-corrected chi connectivity index (χ0v) is 8.12. The number of hydrogen-bond donors (Lipinski definition) is 0. The number of rotatable bonds is 7. The fraction of sp³-hybridized carbons (Fsp3) is 0.667. The third-order valence-electron chi connectivity index (χ3n) is 1.31. The van der Waals surface area contributed by atoms with Gasteiger partial charge in [-0.05, 0) is 0 Å². The van der Waals surface area contributed by atoms with Crippen LogP contribution in [0.1, 0.15) is 19.8 Å². The average molecular weight is 188 g/mol. The Kier molecular flexibility index (Phi) is 7.24. The van der Waals surface area contributed by atoms with Crippen molar-refractivity contribution in [3.63, 3.8) is 0 Å². The van der Waals surface area contributed by atoms with E-state index in [1.54, 1.807) is 0 Å². The summed E-state index contributed by atoms with van der Waals surface area (Å²) in [6.45, 7) is 5.39. The minimum absolute atomic E-state index is 0.120. The third-order valence-corrected chi connectivity index (χ3v) is 1.31. The highest BCUT2D eigenvalue weighted by Gasteiger charge is 2.11. The molecule has 0 heterocycles. The van der Waals surface area contributed by atoms with Crippen molar-refractivity contribution in [1.82, 2.24) is 0 Å². The lowest BCUT2D eigenvalue weighted by atomic mass is 10.3. The highest BCUT2D eigenvalue weighted by atomic mass is 16.8. The van der Waals surface area contributed by atoms with E-state index in [4.69, 9.17) is 14.2 Å². The van der Waals surface area contributed by atoms with Crippen molar-refractivity contribution >= 4 is 5.97 Å². The molecule has 1 atom stereocenters. The van der Waals surface area contributed by atoms with Crippen LogP contribution < -0.4 is 0 Å². The van der Waals surface area contributed by atoms with Crippen molar-refractivity contribution in [2.75, 3.05) is 13.9 Å². The number of hydrogen-bond acceptors (Lipinski definition) is 4. The van der Waals surface area contributed by atoms with Gasteiger partial charge in [-0.25, -0.2) is 4.79 Å². The van der Waals surface area contributed by atoms with Crippen LogP contribution in [0.4, 0.5) is 0 Å². The molecule has 0 amide bonds. The van der Waals surface area contributed by atoms with Gasteiger partial charge in [-0.1, -0.05) is 19.9 Å². The summed E-state index contributed by atoms with van der Waals surface area (Å²) in [7, 11) is 1.51. The molecule has 0 aliphatic heterocycles. The second kappa shape index (κ2) is 7.76. The van der Waals surface area contributed by atoms with Crippen molar-refractivity contribution in [3.05, 3.63) is 12.7 Å². The molecule has 0 aliphatic rings. The molecular weight excluding hydrogens is 172 g/mol. The largest absolute Gasteiger partial charge is 0.433 e. The molecule has 4 heteroatoms. The molecule has 76 valence electrons. The molecule has 0 aromatic carbocycles. The summed E-state index contributed by atoms with van der Waals surface area (Å²) >= 11 is 0. The van der Waals surface area contributed by atoms with Gasteiger partial charge in [0.15, 0.2) is 6.79 Å². The lowest BCUT2D eigenvalue weighted by Gasteiger charge is -2.15. The van der Waals surface area contributed by atoms with Crippen molar-refractivity contribution < 1.29 is 19.0 Å². The van der Waals surface area contributed by atoms with Crippen molar-refractivity contribution in [3.8, 4) is 0 Å². The topological polar surface area (TPSA) is 44.8 Å². The molecule has 0 saturated heterocycles. The quantitative estimate of drug-likeness (QED) is 0.344. The zero-order chi connectivity index (χ0) is 10.1. The van der Waals surface area contributed by atoms with Crippen LogP contribution in [-0.4, -0.2) is 26.2 Å². The molecular formula is C9H16O4. The van der Waals surface area contributed by atoms with Gasteiger partial charge in [0.2, 0.25) is 6.29 Å². The van der Waals surface area contributed by atoms with E-state index in [9.17, 15) is 4.79 Å². The maximum atomic E-state index is 10.8. The van der Waals surface area contributed by atoms with Crippen molar-refractivity contribution in [1.29, 1.82) is 0 Å². The van der Waals surface area contributed by atoms with E-state index in [0.717, 1.165) is 12.5 Å². The van der Waals surface area contributed by atoms with E-state index >= 15 is 0 Å². The smallest absolute Gasteiger partial charge is 0.332 e. The van der Waals surface area contributed by atoms with Gasteiger partial charge < -0.3 is 14.2 Å². The van der Waals surface area contributed by atoms with Crippen molar-refractivity contribution in [2.45, 2.75) is 26.1 Å². The Morgan fingerprint density at radius 2 is 2.31 bits per heavy atom. The summed E-state index contributed by atoms with van der Waals surface area (Å²) in [5.74, 6) is -0.477. The van der Waals surface area contributed by atoms with Gasteiger partial charge in [-0.3, -0.25) is 0 Å². The average Bonchev–Trinajstić information content (AvgIpc) is 2.14. The highest BCUT2D eigenvalue weighted by molar-refractivity contribution is 5.81. The molecule has 0 aliphatic carbocycles. The lowest BCUT2D eigenvalue weighted by molar-refractivity contribution is -0.196. The van der Waals surface area contributed by atoms with Gasteiger partial charge in [-0.15, -0.1) is 0 Å². The van der Waals surface area contributed by atoms with E-state index in [-0.39, 0.29) is 6.79 Å². The molecule has 0 spiro atoms. The van der Waals surface area contributed by atoms with Crippen LogP contribution in [0.3, 0.4) is 0 Å². The van der Waals surface area contributed by atoms with E-state index < -0.39 is 12.3 Å². The van der Waals surface area contributed by atoms with Crippen LogP contribution in [0.25, 0.3) is 0 Å². The highest BCUT2D eigenvalue weighted by Crippen LogP contribution is 2.04. The number of methoxy groups -OCH3 is 1. The lowest BCUT2D eigenvalue weighted by Crippen LogP contribution is -2.21. The zero-order valence-electron chi connectivity index (χ0n) is 8.12. The van der Waals surface area contributed by atoms with E-state index in [0.29, 0.717) is 6.42 Å². The summed E-state index contributed by atoms with van der Waals surface area (Å²) in [4.78, 5) is 10.8. The van der Waals surface area contributed by atoms with E-state index in [1.807, 2.05) is 6.92 Å². The fourth-order valence-corrected chi connectivity index (χ4v) is 0.734. The molecule has 0 aromatic rings. The SMILES string of the molecule is C=CC(=O)OC(CCC)OCOC. The molecule has 0 bridgehead atoms. The summed E-state index contributed by atoms with van der Waals surface area (Å²) in [5.41, 5.74) is 0. The first kappa shape index (κ1) is 12.1. The number of esters is 1. The molecule has 13 heavy (non-hydrogen) atoms. The minimum Gasteiger partial charge on any atom is -0.433 e. The normalized spacial score (nSPS) is 12.2. The second-order valence-electron chi connectivity index (χ2n) is 2.43. The molecule has 4 nitrogen and oxygen atoms in total. The maximum absolute atomic E-state index is 10.8. The van der Waals surface area contributed by atoms with Gasteiger partial charge in [0.1, 0.15) is 0 Å². The Hall–Kier alpha value is -0.870. The molecule has 0 radical (unpaired) electrons. The summed E-state index contributed by atoms with van der Waals surface area (Å²) in [5, 5.41) is 0. The van der Waals surface area contributed by atoms with E-state index in [2.05, 4.69) is 6.58 Å². The van der Waals surface area contributed by atoms with Gasteiger partial charge in [-0.2, -0.15) is 0 Å². The summed E-state index contributed by atoms with van der Waals surface area (Å²) in [6, 6.07) is 0. The van der Waals surface area contributed by atoms with Crippen LogP contribution in [0, 0.1) is 0 Å². The molecule has 0 rings (SSSR count). The van der Waals surface area contributed by atoms with Crippen LogP contribution in [-0.2, 0) is 19.0 Å². The van der Waals surface area contributed by atoms with E-state index in [1.165, 1.54) is 7.11 Å². The first-order chi connectivity index (χ1) is 6.24. The monoisotopic (exact) mass is 188 g/mol. The molecule has 0 aromatic heterocycles.